The van der Waals surface area contributed by atoms with Gasteiger partial charge >= 0.3 is 0 Å². The maximum Gasteiger partial charge on any atom is 0.0478 e. The molecule has 0 aliphatic heterocycles. The van der Waals surface area contributed by atoms with Crippen LogP contribution in [-0.4, -0.2) is 0 Å². The number of benzene rings is 2. The molecular weight excluding hydrogens is 240 g/mol. The Bertz CT molecular complexity index is 477. The maximum atomic E-state index is 5.75. The number of rotatable bonds is 2. The predicted octanol–water partition coefficient (Wildman–Crippen LogP) is 5.62. The van der Waals surface area contributed by atoms with Gasteiger partial charge in [-0.25, -0.2) is 0 Å². The van der Waals surface area contributed by atoms with E-state index < -0.39 is 0 Å². The number of hydrogen-bond acceptors (Lipinski definition) is 0. The molecule has 1 heteroatoms. The summed E-state index contributed by atoms with van der Waals surface area (Å²) in [6.07, 6.45) is 3.61. The van der Waals surface area contributed by atoms with Gasteiger partial charge in [0.1, 0.15) is 0 Å². The summed E-state index contributed by atoms with van der Waals surface area (Å²) in [6.45, 7) is 9.38. The zero-order valence-electron chi connectivity index (χ0n) is 10.6. The van der Waals surface area contributed by atoms with Crippen molar-refractivity contribution in [2.24, 2.45) is 0 Å². The molecule has 2 rings (SSSR count). The average Bonchev–Trinajstić information content (AvgIpc) is 2.41. The normalized spacial score (nSPS) is 9.00. The monoisotopic (exact) mass is 256 g/mol. The molecule has 0 N–H and O–H groups in total. The molecule has 0 aromatic heterocycles. The molecule has 0 atom stereocenters. The van der Waals surface area contributed by atoms with Crippen LogP contribution in [0.2, 0.25) is 5.02 Å². The van der Waals surface area contributed by atoms with Crippen LogP contribution in [0.5, 0.6) is 0 Å². The van der Waals surface area contributed by atoms with Crippen molar-refractivity contribution in [3.05, 3.63) is 83.4 Å². The minimum atomic E-state index is 0.757. The van der Waals surface area contributed by atoms with Crippen molar-refractivity contribution in [3.8, 4) is 0 Å². The van der Waals surface area contributed by atoms with Crippen molar-refractivity contribution in [3.63, 3.8) is 0 Å². The molecule has 0 aliphatic rings. The van der Waals surface area contributed by atoms with E-state index in [2.05, 4.69) is 32.2 Å². The van der Waals surface area contributed by atoms with Gasteiger partial charge in [-0.05, 0) is 29.7 Å². The van der Waals surface area contributed by atoms with E-state index in [9.17, 15) is 0 Å². The molecule has 2 aromatic rings. The van der Waals surface area contributed by atoms with Crippen LogP contribution >= 0.6 is 11.6 Å². The lowest BCUT2D eigenvalue weighted by molar-refractivity contribution is 1.45. The smallest absolute Gasteiger partial charge is 0.0478 e. The van der Waals surface area contributed by atoms with Gasteiger partial charge in [0.25, 0.3) is 0 Å². The summed E-state index contributed by atoms with van der Waals surface area (Å²) in [5, 5.41) is 0.757. The molecule has 0 bridgehead atoms. The van der Waals surface area contributed by atoms with Crippen LogP contribution in [0.25, 0.3) is 12.2 Å². The molecule has 2 aromatic carbocycles. The highest BCUT2D eigenvalue weighted by molar-refractivity contribution is 6.32. The Balaban J connectivity index is 0.000000180. The second kappa shape index (κ2) is 7.52. The van der Waals surface area contributed by atoms with Crippen LogP contribution in [0, 0.1) is 6.92 Å². The van der Waals surface area contributed by atoms with E-state index in [0.29, 0.717) is 0 Å². The third-order valence-corrected chi connectivity index (χ3v) is 2.88. The molecule has 0 fully saturated rings. The summed E-state index contributed by atoms with van der Waals surface area (Å²) in [7, 11) is 0. The second-order valence-corrected chi connectivity index (χ2v) is 4.19. The van der Waals surface area contributed by atoms with Crippen LogP contribution < -0.4 is 0 Å². The van der Waals surface area contributed by atoms with Crippen LogP contribution in [0.15, 0.2) is 61.7 Å². The fourth-order valence-corrected chi connectivity index (χ4v) is 1.67. The minimum Gasteiger partial charge on any atom is -0.0985 e. The van der Waals surface area contributed by atoms with Crippen molar-refractivity contribution >= 4 is 23.8 Å². The molecule has 0 nitrogen and oxygen atoms in total. The highest BCUT2D eigenvalue weighted by Crippen LogP contribution is 2.14. The Kier molecular flexibility index (Phi) is 5.96. The van der Waals surface area contributed by atoms with E-state index in [0.717, 1.165) is 10.6 Å². The quantitative estimate of drug-likeness (QED) is 0.654. The molecular formula is C17H17Cl. The van der Waals surface area contributed by atoms with Gasteiger partial charge in [-0.15, -0.1) is 0 Å². The molecule has 0 saturated heterocycles. The predicted molar refractivity (Wildman–Crippen MR) is 82.8 cm³/mol. The van der Waals surface area contributed by atoms with Crippen molar-refractivity contribution in [2.75, 3.05) is 0 Å². The fourth-order valence-electron chi connectivity index (χ4n) is 1.46. The fraction of sp³-hybridized carbons (Fsp3) is 0.0588. The van der Waals surface area contributed by atoms with E-state index >= 15 is 0 Å². The highest BCUT2D eigenvalue weighted by Gasteiger charge is 1.89. The van der Waals surface area contributed by atoms with Gasteiger partial charge in [-0.3, -0.25) is 0 Å². The SMILES string of the molecule is C=Cc1ccccc1C.C=Cc1ccccc1Cl. The first-order valence-electron chi connectivity index (χ1n) is 5.74. The lowest BCUT2D eigenvalue weighted by atomic mass is 10.1. The lowest BCUT2D eigenvalue weighted by Gasteiger charge is -1.95. The van der Waals surface area contributed by atoms with E-state index in [1.165, 1.54) is 11.1 Å². The van der Waals surface area contributed by atoms with Gasteiger partial charge < -0.3 is 0 Å². The topological polar surface area (TPSA) is 0 Å². The summed E-state index contributed by atoms with van der Waals surface area (Å²) in [5.74, 6) is 0. The molecule has 0 radical (unpaired) electrons. The lowest BCUT2D eigenvalue weighted by Crippen LogP contribution is -1.75. The first-order valence-corrected chi connectivity index (χ1v) is 6.12. The molecule has 18 heavy (non-hydrogen) atoms. The standard InChI is InChI=1S/C9H10.C8H7Cl/c1-3-9-7-5-4-6-8(9)2;1-2-7-5-3-4-6-8(7)9/h3-7H,1H2,2H3;2-6H,1H2. The third kappa shape index (κ3) is 4.23. The van der Waals surface area contributed by atoms with Crippen LogP contribution in [0.1, 0.15) is 16.7 Å². The zero-order valence-corrected chi connectivity index (χ0v) is 11.3. The van der Waals surface area contributed by atoms with Gasteiger partial charge in [0.2, 0.25) is 0 Å². The molecule has 92 valence electrons. The van der Waals surface area contributed by atoms with Crippen molar-refractivity contribution in [1.29, 1.82) is 0 Å². The highest BCUT2D eigenvalue weighted by atomic mass is 35.5. The van der Waals surface area contributed by atoms with Crippen molar-refractivity contribution in [2.45, 2.75) is 6.92 Å². The summed E-state index contributed by atoms with van der Waals surface area (Å²) in [6, 6.07) is 15.8. The summed E-state index contributed by atoms with van der Waals surface area (Å²) in [5.41, 5.74) is 3.49. The van der Waals surface area contributed by atoms with Gasteiger partial charge in [0.15, 0.2) is 0 Å². The van der Waals surface area contributed by atoms with E-state index in [4.69, 9.17) is 11.6 Å². The molecule has 0 amide bonds. The van der Waals surface area contributed by atoms with Crippen molar-refractivity contribution < 1.29 is 0 Å². The summed E-state index contributed by atoms with van der Waals surface area (Å²) < 4.78 is 0. The molecule has 0 spiro atoms. The first-order chi connectivity index (χ1) is 8.69. The third-order valence-electron chi connectivity index (χ3n) is 2.53. The van der Waals surface area contributed by atoms with Crippen LogP contribution in [0.3, 0.4) is 0 Å². The summed E-state index contributed by atoms with van der Waals surface area (Å²) in [4.78, 5) is 0. The molecule has 0 aliphatic carbocycles. The van der Waals surface area contributed by atoms with E-state index in [1.54, 1.807) is 6.08 Å². The number of aryl methyl sites for hydroxylation is 1. The summed E-state index contributed by atoms with van der Waals surface area (Å²) >= 11 is 5.75. The second-order valence-electron chi connectivity index (χ2n) is 3.79. The zero-order chi connectivity index (χ0) is 13.4. The van der Waals surface area contributed by atoms with Crippen LogP contribution in [-0.2, 0) is 0 Å². The van der Waals surface area contributed by atoms with Crippen LogP contribution in [0.4, 0.5) is 0 Å². The Morgan fingerprint density at radius 3 is 1.72 bits per heavy atom. The van der Waals surface area contributed by atoms with Gasteiger partial charge in [-0.2, -0.15) is 0 Å². The van der Waals surface area contributed by atoms with E-state index in [1.807, 2.05) is 42.5 Å². The van der Waals surface area contributed by atoms with Crippen molar-refractivity contribution in [1.82, 2.24) is 0 Å². The Labute approximate surface area is 114 Å². The van der Waals surface area contributed by atoms with Gasteiger partial charge in [0.05, 0.1) is 0 Å². The Morgan fingerprint density at radius 2 is 1.33 bits per heavy atom. The molecule has 0 heterocycles. The van der Waals surface area contributed by atoms with Gasteiger partial charge in [0, 0.05) is 5.02 Å². The Morgan fingerprint density at radius 1 is 0.833 bits per heavy atom. The number of halogens is 1. The Hall–Kier alpha value is -1.79. The largest absolute Gasteiger partial charge is 0.0985 e. The number of hydrogen-bond donors (Lipinski definition) is 0. The minimum absolute atomic E-state index is 0.757. The first kappa shape index (κ1) is 14.3. The maximum absolute atomic E-state index is 5.75. The molecule has 0 unspecified atom stereocenters. The van der Waals surface area contributed by atoms with Gasteiger partial charge in [-0.1, -0.05) is 79.4 Å². The average molecular weight is 257 g/mol. The van der Waals surface area contributed by atoms with E-state index in [-0.39, 0.29) is 0 Å². The molecule has 0 saturated carbocycles.